The van der Waals surface area contributed by atoms with Gasteiger partial charge < -0.3 is 19.7 Å². The summed E-state index contributed by atoms with van der Waals surface area (Å²) in [6.45, 7) is 13.2. The Morgan fingerprint density at radius 3 is 2.44 bits per heavy atom. The van der Waals surface area contributed by atoms with Gasteiger partial charge in [-0.3, -0.25) is 9.59 Å². The number of aryl methyl sites for hydroxylation is 1. The number of esters is 1. The van der Waals surface area contributed by atoms with Gasteiger partial charge in [-0.25, -0.2) is 4.98 Å². The number of cyclic esters (lactones) is 1. The smallest absolute Gasteiger partial charge is 0.308 e. The Labute approximate surface area is 219 Å². The van der Waals surface area contributed by atoms with E-state index in [9.17, 15) is 19.8 Å². The minimum atomic E-state index is -1.21. The zero-order chi connectivity index (χ0) is 26.6. The van der Waals surface area contributed by atoms with Gasteiger partial charge >= 0.3 is 5.97 Å². The standard InChI is InChI=1S/C28H43NO6S/c1-15-9-8-10-28(7)22(35-28)12-21(27(6)13-18(27)19-14-36-17(3)29-19)34-23(31)11-20(30)26(4,5)25(33)16(2)24(15)32/h14-16,18,20-22,24,30,32H,8-13H2,1-7H3/t15-,16+,18?,20-,21-,22+,24-,27?,28+/m1/s1. The fourth-order valence-corrected chi connectivity index (χ4v) is 6.80. The topological polar surface area (TPSA) is 109 Å². The molecule has 0 aromatic carbocycles. The average molecular weight is 522 g/mol. The van der Waals surface area contributed by atoms with Crippen molar-refractivity contribution in [3.63, 3.8) is 0 Å². The highest BCUT2D eigenvalue weighted by Crippen LogP contribution is 2.63. The molecular weight excluding hydrogens is 478 g/mol. The molecule has 2 saturated heterocycles. The molecule has 2 N–H and O–H groups in total. The maximum absolute atomic E-state index is 13.3. The van der Waals surface area contributed by atoms with Gasteiger partial charge in [0.2, 0.25) is 0 Å². The van der Waals surface area contributed by atoms with Gasteiger partial charge in [-0.15, -0.1) is 11.3 Å². The molecule has 2 unspecified atom stereocenters. The lowest BCUT2D eigenvalue weighted by atomic mass is 9.73. The summed E-state index contributed by atoms with van der Waals surface area (Å²) >= 11 is 1.63. The van der Waals surface area contributed by atoms with E-state index in [0.29, 0.717) is 6.42 Å². The van der Waals surface area contributed by atoms with Crippen molar-refractivity contribution in [1.29, 1.82) is 0 Å². The number of thiazole rings is 1. The second kappa shape index (κ2) is 9.75. The number of carbonyl (C=O) groups excluding carboxylic acids is 2. The molecule has 3 heterocycles. The second-order valence-corrected chi connectivity index (χ2v) is 13.7. The number of ether oxygens (including phenoxy) is 2. The SMILES string of the molecule is Cc1nc(C2CC2(C)[C@H]2C[C@@H]3O[C@@]3(C)CCC[C@@H](C)[C@@H](O)[C@H](C)C(=O)C(C)(C)[C@H](O)CC(=O)O2)cs1. The van der Waals surface area contributed by atoms with E-state index in [1.165, 1.54) is 0 Å². The van der Waals surface area contributed by atoms with Gasteiger partial charge in [0.05, 0.1) is 46.5 Å². The Balaban J connectivity index is 1.56. The molecule has 8 heteroatoms. The summed E-state index contributed by atoms with van der Waals surface area (Å²) in [7, 11) is 0. The van der Waals surface area contributed by atoms with Crippen LogP contribution in [0, 0.1) is 29.6 Å². The number of aliphatic hydroxyl groups excluding tert-OH is 2. The van der Waals surface area contributed by atoms with Crippen LogP contribution in [0.25, 0.3) is 0 Å². The molecule has 0 spiro atoms. The molecule has 0 bridgehead atoms. The third-order valence-electron chi connectivity index (χ3n) is 9.42. The summed E-state index contributed by atoms with van der Waals surface area (Å²) in [6.07, 6.45) is 1.36. The number of epoxide rings is 1. The minimum Gasteiger partial charge on any atom is -0.462 e. The molecule has 9 atom stereocenters. The van der Waals surface area contributed by atoms with E-state index in [1.54, 1.807) is 32.1 Å². The highest BCUT2D eigenvalue weighted by molar-refractivity contribution is 7.09. The third kappa shape index (κ3) is 5.29. The van der Waals surface area contributed by atoms with E-state index in [4.69, 9.17) is 9.47 Å². The maximum atomic E-state index is 13.3. The zero-order valence-electron chi connectivity index (χ0n) is 22.7. The Bertz CT molecular complexity index is 992. The number of hydrogen-bond acceptors (Lipinski definition) is 8. The van der Waals surface area contributed by atoms with Crippen LogP contribution in [0.2, 0.25) is 0 Å². The molecule has 4 rings (SSSR count). The summed E-state index contributed by atoms with van der Waals surface area (Å²) in [4.78, 5) is 31.1. The van der Waals surface area contributed by atoms with Crippen LogP contribution in [0.1, 0.15) is 96.7 Å². The number of hydrogen-bond donors (Lipinski definition) is 2. The fraction of sp³-hybridized carbons (Fsp3) is 0.821. The molecule has 3 aliphatic rings. The van der Waals surface area contributed by atoms with E-state index in [1.807, 2.05) is 13.8 Å². The van der Waals surface area contributed by atoms with Crippen LogP contribution >= 0.6 is 11.3 Å². The van der Waals surface area contributed by atoms with Crippen LogP contribution in [-0.4, -0.2) is 57.0 Å². The maximum Gasteiger partial charge on any atom is 0.308 e. The predicted molar refractivity (Wildman–Crippen MR) is 138 cm³/mol. The normalized spacial score (nSPS) is 44.0. The van der Waals surface area contributed by atoms with Gasteiger partial charge in [-0.2, -0.15) is 0 Å². The van der Waals surface area contributed by atoms with Crippen LogP contribution < -0.4 is 0 Å². The van der Waals surface area contributed by atoms with Crippen LogP contribution in [0.4, 0.5) is 0 Å². The van der Waals surface area contributed by atoms with Gasteiger partial charge in [0.25, 0.3) is 0 Å². The van der Waals surface area contributed by atoms with E-state index < -0.39 is 29.5 Å². The highest BCUT2D eigenvalue weighted by atomic mass is 32.1. The van der Waals surface area contributed by atoms with Crippen LogP contribution in [0.5, 0.6) is 0 Å². The Morgan fingerprint density at radius 1 is 1.11 bits per heavy atom. The molecule has 0 amide bonds. The summed E-state index contributed by atoms with van der Waals surface area (Å²) in [5.74, 6) is -1.23. The monoisotopic (exact) mass is 521 g/mol. The zero-order valence-corrected chi connectivity index (χ0v) is 23.6. The Hall–Kier alpha value is -1.35. The first-order valence-corrected chi connectivity index (χ1v) is 14.3. The van der Waals surface area contributed by atoms with Gasteiger partial charge in [0, 0.05) is 29.1 Å². The molecule has 2 aliphatic heterocycles. The van der Waals surface area contributed by atoms with Crippen molar-refractivity contribution in [3.8, 4) is 0 Å². The Kier molecular flexibility index (Phi) is 7.50. The first kappa shape index (κ1) is 27.7. The van der Waals surface area contributed by atoms with Crippen molar-refractivity contribution in [2.75, 3.05) is 0 Å². The van der Waals surface area contributed by atoms with Gasteiger partial charge in [0.1, 0.15) is 11.9 Å². The van der Waals surface area contributed by atoms with Crippen molar-refractivity contribution in [1.82, 2.24) is 4.98 Å². The van der Waals surface area contributed by atoms with E-state index >= 15 is 0 Å². The number of Topliss-reactive ketones (excluding diaryl/α,β-unsaturated/α-hetero) is 1. The molecule has 1 aliphatic carbocycles. The molecule has 1 aromatic heterocycles. The predicted octanol–water partition coefficient (Wildman–Crippen LogP) is 4.57. The van der Waals surface area contributed by atoms with Crippen LogP contribution in [0.3, 0.4) is 0 Å². The fourth-order valence-electron chi connectivity index (χ4n) is 6.14. The summed E-state index contributed by atoms with van der Waals surface area (Å²) in [5.41, 5.74) is -0.643. The number of rotatable bonds is 2. The van der Waals surface area contributed by atoms with Gasteiger partial charge in [0.15, 0.2) is 0 Å². The lowest BCUT2D eigenvalue weighted by Crippen LogP contribution is -2.46. The lowest BCUT2D eigenvalue weighted by Gasteiger charge is -2.35. The number of aliphatic hydroxyl groups is 2. The molecule has 3 fully saturated rings. The molecule has 1 saturated carbocycles. The van der Waals surface area contributed by atoms with Crippen LogP contribution in [-0.2, 0) is 19.1 Å². The molecule has 0 radical (unpaired) electrons. The minimum absolute atomic E-state index is 0.000506. The van der Waals surface area contributed by atoms with Crippen LogP contribution in [0.15, 0.2) is 5.38 Å². The average Bonchev–Trinajstić information content (AvgIpc) is 3.61. The number of carbonyl (C=O) groups is 2. The summed E-state index contributed by atoms with van der Waals surface area (Å²) in [6, 6.07) is 0. The summed E-state index contributed by atoms with van der Waals surface area (Å²) < 4.78 is 12.2. The van der Waals surface area contributed by atoms with Crippen molar-refractivity contribution < 1.29 is 29.3 Å². The lowest BCUT2D eigenvalue weighted by molar-refractivity contribution is -0.159. The Morgan fingerprint density at radius 2 is 1.81 bits per heavy atom. The first-order chi connectivity index (χ1) is 16.7. The van der Waals surface area contributed by atoms with Gasteiger partial charge in [-0.05, 0) is 39.0 Å². The van der Waals surface area contributed by atoms with E-state index in [0.717, 1.165) is 36.4 Å². The molecule has 202 valence electrons. The third-order valence-corrected chi connectivity index (χ3v) is 10.2. The number of ketones is 1. The number of nitrogens with zero attached hydrogens (tertiary/aromatic N) is 1. The molecule has 36 heavy (non-hydrogen) atoms. The van der Waals surface area contributed by atoms with Crippen molar-refractivity contribution in [3.05, 3.63) is 16.1 Å². The van der Waals surface area contributed by atoms with Crippen molar-refractivity contribution in [2.24, 2.45) is 22.7 Å². The van der Waals surface area contributed by atoms with Gasteiger partial charge in [-0.1, -0.05) is 41.0 Å². The highest BCUT2D eigenvalue weighted by Gasteiger charge is 2.62. The van der Waals surface area contributed by atoms with E-state index in [2.05, 4.69) is 24.2 Å². The molecule has 7 nitrogen and oxygen atoms in total. The second-order valence-electron chi connectivity index (χ2n) is 12.6. The van der Waals surface area contributed by atoms with Crippen molar-refractivity contribution >= 4 is 23.1 Å². The summed E-state index contributed by atoms with van der Waals surface area (Å²) in [5, 5.41) is 24.9. The van der Waals surface area contributed by atoms with Crippen molar-refractivity contribution in [2.45, 2.75) is 123 Å². The quantitative estimate of drug-likeness (QED) is 0.433. The molecule has 1 aromatic rings. The largest absolute Gasteiger partial charge is 0.462 e. The number of fused-ring (bicyclic) bond motifs is 1. The first-order valence-electron chi connectivity index (χ1n) is 13.4. The molecular formula is C28H43NO6S. The number of aromatic nitrogens is 1. The van der Waals surface area contributed by atoms with E-state index in [-0.39, 0.29) is 47.3 Å².